The lowest BCUT2D eigenvalue weighted by Crippen LogP contribution is -2.31. The molecule has 1 saturated carbocycles. The van der Waals surface area contributed by atoms with Crippen molar-refractivity contribution in [3.05, 3.63) is 23.3 Å². The Hall–Kier alpha value is -1.11. The lowest BCUT2D eigenvalue weighted by atomic mass is 10.0. The Morgan fingerprint density at radius 2 is 1.86 bits per heavy atom. The van der Waals surface area contributed by atoms with Gasteiger partial charge in [-0.15, -0.1) is 0 Å². The normalized spacial score (nSPS) is 16.9. The van der Waals surface area contributed by atoms with E-state index in [0.717, 1.165) is 19.3 Å². The molecular weight excluding hydrogens is 288 g/mol. The predicted octanol–water partition coefficient (Wildman–Crippen LogP) is 1.98. The Morgan fingerprint density at radius 1 is 1.29 bits per heavy atom. The number of hydrogen-bond acceptors (Lipinski definition) is 4. The summed E-state index contributed by atoms with van der Waals surface area (Å²) in [6, 6.07) is 3.39. The summed E-state index contributed by atoms with van der Waals surface area (Å²) in [5, 5.41) is 0. The summed E-state index contributed by atoms with van der Waals surface area (Å²) in [6.07, 6.45) is 3.00. The molecule has 0 amide bonds. The van der Waals surface area contributed by atoms with Gasteiger partial charge in [-0.25, -0.2) is 13.1 Å². The molecule has 3 N–H and O–H groups in total. The lowest BCUT2D eigenvalue weighted by Gasteiger charge is -2.17. The first-order valence-electron chi connectivity index (χ1n) is 7.15. The molecular formula is C15H24N2O3S. The van der Waals surface area contributed by atoms with Gasteiger partial charge in [0, 0.05) is 25.9 Å². The number of ether oxygens (including phenoxy) is 1. The van der Waals surface area contributed by atoms with E-state index in [1.165, 1.54) is 0 Å². The maximum atomic E-state index is 12.6. The van der Waals surface area contributed by atoms with Crippen LogP contribution in [0.25, 0.3) is 0 Å². The van der Waals surface area contributed by atoms with Crippen LogP contribution >= 0.6 is 0 Å². The Bertz CT molecular complexity index is 599. The van der Waals surface area contributed by atoms with Crippen LogP contribution in [-0.4, -0.2) is 28.7 Å². The summed E-state index contributed by atoms with van der Waals surface area (Å²) in [5.74, 6) is 0. The fourth-order valence-electron chi connectivity index (χ4n) is 2.74. The number of benzene rings is 1. The molecule has 0 saturated heterocycles. The Morgan fingerprint density at radius 3 is 2.33 bits per heavy atom. The van der Waals surface area contributed by atoms with Gasteiger partial charge in [-0.3, -0.25) is 0 Å². The van der Waals surface area contributed by atoms with Crippen molar-refractivity contribution in [3.8, 4) is 0 Å². The van der Waals surface area contributed by atoms with E-state index < -0.39 is 10.0 Å². The number of anilines is 1. The third kappa shape index (κ3) is 3.75. The highest BCUT2D eigenvalue weighted by atomic mass is 32.2. The minimum atomic E-state index is -3.50. The van der Waals surface area contributed by atoms with Crippen molar-refractivity contribution < 1.29 is 13.2 Å². The van der Waals surface area contributed by atoms with Crippen molar-refractivity contribution in [2.45, 2.75) is 38.0 Å². The molecule has 0 bridgehead atoms. The third-order valence-corrected chi connectivity index (χ3v) is 5.89. The van der Waals surface area contributed by atoms with Crippen molar-refractivity contribution >= 4 is 15.7 Å². The van der Waals surface area contributed by atoms with Crippen molar-refractivity contribution in [1.29, 1.82) is 0 Å². The molecule has 0 unspecified atom stereocenters. The monoisotopic (exact) mass is 312 g/mol. The Labute approximate surface area is 126 Å². The highest BCUT2D eigenvalue weighted by molar-refractivity contribution is 7.89. The van der Waals surface area contributed by atoms with Crippen LogP contribution in [0, 0.1) is 19.3 Å². The highest BCUT2D eigenvalue weighted by Crippen LogP contribution is 2.48. The van der Waals surface area contributed by atoms with Crippen molar-refractivity contribution in [2.24, 2.45) is 5.41 Å². The van der Waals surface area contributed by atoms with Gasteiger partial charge in [-0.05, 0) is 61.8 Å². The number of rotatable bonds is 7. The lowest BCUT2D eigenvalue weighted by molar-refractivity contribution is 0.173. The van der Waals surface area contributed by atoms with Crippen LogP contribution in [0.15, 0.2) is 17.0 Å². The molecule has 0 aromatic heterocycles. The molecule has 0 radical (unpaired) electrons. The van der Waals surface area contributed by atoms with E-state index in [0.29, 0.717) is 34.9 Å². The van der Waals surface area contributed by atoms with Crippen LogP contribution in [0.3, 0.4) is 0 Å². The van der Waals surface area contributed by atoms with Crippen LogP contribution in [0.2, 0.25) is 0 Å². The number of nitrogens with one attached hydrogen (secondary N) is 1. The number of nitrogen functional groups attached to an aromatic ring is 1. The van der Waals surface area contributed by atoms with Gasteiger partial charge in [0.1, 0.15) is 0 Å². The van der Waals surface area contributed by atoms with E-state index in [1.807, 2.05) is 0 Å². The van der Waals surface area contributed by atoms with Crippen molar-refractivity contribution in [2.75, 3.05) is 26.0 Å². The first-order valence-corrected chi connectivity index (χ1v) is 8.63. The molecule has 6 heteroatoms. The SMILES string of the molecule is COCCC1(CNS(=O)(=O)c2c(C)cc(N)cc2C)CC1. The van der Waals surface area contributed by atoms with Crippen molar-refractivity contribution in [3.63, 3.8) is 0 Å². The van der Waals surface area contributed by atoms with Gasteiger partial charge in [0.05, 0.1) is 4.90 Å². The van der Waals surface area contributed by atoms with Crippen LogP contribution in [0.5, 0.6) is 0 Å². The zero-order valence-electron chi connectivity index (χ0n) is 12.9. The molecule has 1 fully saturated rings. The number of nitrogens with two attached hydrogens (primary N) is 1. The van der Waals surface area contributed by atoms with E-state index in [9.17, 15) is 8.42 Å². The summed E-state index contributed by atoms with van der Waals surface area (Å²) < 4.78 is 33.0. The second-order valence-electron chi connectivity index (χ2n) is 6.05. The van der Waals surface area contributed by atoms with E-state index >= 15 is 0 Å². The van der Waals surface area contributed by atoms with Gasteiger partial charge in [0.25, 0.3) is 0 Å². The summed E-state index contributed by atoms with van der Waals surface area (Å²) in [7, 11) is -1.83. The fourth-order valence-corrected chi connectivity index (χ4v) is 4.34. The summed E-state index contributed by atoms with van der Waals surface area (Å²) in [6.45, 7) is 4.69. The Kier molecular flexibility index (Phi) is 4.60. The molecule has 1 aliphatic carbocycles. The van der Waals surface area contributed by atoms with Crippen LogP contribution in [0.1, 0.15) is 30.4 Å². The molecule has 118 valence electrons. The average Bonchev–Trinajstić information content (AvgIpc) is 3.13. The molecule has 0 spiro atoms. The molecule has 1 aromatic carbocycles. The summed E-state index contributed by atoms with van der Waals surface area (Å²) >= 11 is 0. The second kappa shape index (κ2) is 5.94. The fraction of sp³-hybridized carbons (Fsp3) is 0.600. The molecule has 0 atom stereocenters. The quantitative estimate of drug-likeness (QED) is 0.754. The number of sulfonamides is 1. The maximum Gasteiger partial charge on any atom is 0.241 e. The topological polar surface area (TPSA) is 81.4 Å². The highest BCUT2D eigenvalue weighted by Gasteiger charge is 2.42. The standard InChI is InChI=1S/C15H24N2O3S/c1-11-8-13(16)9-12(2)14(11)21(18,19)17-10-15(4-5-15)6-7-20-3/h8-9,17H,4-7,10,16H2,1-3H3. The van der Waals surface area contributed by atoms with E-state index in [1.54, 1.807) is 33.1 Å². The molecule has 5 nitrogen and oxygen atoms in total. The number of methoxy groups -OCH3 is 1. The average molecular weight is 312 g/mol. The minimum absolute atomic E-state index is 0.0820. The zero-order chi connectivity index (χ0) is 15.7. The van der Waals surface area contributed by atoms with Gasteiger partial charge < -0.3 is 10.5 Å². The minimum Gasteiger partial charge on any atom is -0.399 e. The first-order chi connectivity index (χ1) is 9.80. The molecule has 0 heterocycles. The van der Waals surface area contributed by atoms with E-state index in [2.05, 4.69) is 4.72 Å². The molecule has 1 aliphatic rings. The van der Waals surface area contributed by atoms with Gasteiger partial charge >= 0.3 is 0 Å². The van der Waals surface area contributed by atoms with Crippen LogP contribution in [-0.2, 0) is 14.8 Å². The summed E-state index contributed by atoms with van der Waals surface area (Å²) in [5.41, 5.74) is 7.78. The smallest absolute Gasteiger partial charge is 0.241 e. The second-order valence-corrected chi connectivity index (χ2v) is 7.75. The molecule has 21 heavy (non-hydrogen) atoms. The van der Waals surface area contributed by atoms with E-state index in [4.69, 9.17) is 10.5 Å². The predicted molar refractivity (Wildman–Crippen MR) is 83.7 cm³/mol. The Balaban J connectivity index is 2.13. The van der Waals surface area contributed by atoms with Crippen molar-refractivity contribution in [1.82, 2.24) is 4.72 Å². The zero-order valence-corrected chi connectivity index (χ0v) is 13.7. The number of hydrogen-bond donors (Lipinski definition) is 2. The molecule has 0 aliphatic heterocycles. The van der Waals surface area contributed by atoms with Gasteiger partial charge in [-0.2, -0.15) is 0 Å². The van der Waals surface area contributed by atoms with Crippen LogP contribution < -0.4 is 10.5 Å². The first kappa shape index (κ1) is 16.3. The van der Waals surface area contributed by atoms with Gasteiger partial charge in [-0.1, -0.05) is 0 Å². The van der Waals surface area contributed by atoms with E-state index in [-0.39, 0.29) is 5.41 Å². The molecule has 1 aromatic rings. The van der Waals surface area contributed by atoms with Crippen LogP contribution in [0.4, 0.5) is 5.69 Å². The third-order valence-electron chi connectivity index (χ3n) is 4.18. The number of aryl methyl sites for hydroxylation is 2. The van der Waals surface area contributed by atoms with Gasteiger partial charge in [0.2, 0.25) is 10.0 Å². The molecule has 2 rings (SSSR count). The maximum absolute atomic E-state index is 12.6. The largest absolute Gasteiger partial charge is 0.399 e. The summed E-state index contributed by atoms with van der Waals surface area (Å²) in [4.78, 5) is 0.347. The van der Waals surface area contributed by atoms with Gasteiger partial charge in [0.15, 0.2) is 0 Å².